The molecule has 0 saturated carbocycles. The predicted octanol–water partition coefficient (Wildman–Crippen LogP) is 9.72. The lowest BCUT2D eigenvalue weighted by Crippen LogP contribution is -2.30. The molecule has 0 bridgehead atoms. The van der Waals surface area contributed by atoms with Crippen LogP contribution in [-0.2, 0) is 10.8 Å². The summed E-state index contributed by atoms with van der Waals surface area (Å²) in [4.78, 5) is 14.6. The Labute approximate surface area is 270 Å². The summed E-state index contributed by atoms with van der Waals surface area (Å²) in [6, 6.07) is 43.2. The van der Waals surface area contributed by atoms with Gasteiger partial charge in [0, 0.05) is 16.5 Å². The standard InChI is InChI=1S/C42H33N3O/c1-41(2,3)28-22-23-31-30-14-4-7-17-34(30)42(35(31)25-28,39-21-11-19-37(45-39)32-15-6-9-20-38(32)46)29-13-10-12-27(24-29)40-33-16-5-8-18-36(33)43-26-44-40/h4-26,46H,1-3H3/i7D. The molecule has 7 aromatic rings. The molecule has 4 nitrogen and oxygen atoms in total. The van der Waals surface area contributed by atoms with E-state index >= 15 is 0 Å². The molecule has 8 rings (SSSR count). The van der Waals surface area contributed by atoms with Crippen LogP contribution in [0, 0.1) is 0 Å². The first-order chi connectivity index (χ1) is 22.7. The number of hydrogen-bond donors (Lipinski definition) is 1. The van der Waals surface area contributed by atoms with Gasteiger partial charge in [0.1, 0.15) is 12.1 Å². The maximum Gasteiger partial charge on any atom is 0.124 e. The summed E-state index contributed by atoms with van der Waals surface area (Å²) in [6.07, 6.45) is 1.62. The van der Waals surface area contributed by atoms with Crippen molar-refractivity contribution < 1.29 is 6.48 Å². The lowest BCUT2D eigenvalue weighted by molar-refractivity contribution is 0.477. The molecule has 1 aliphatic carbocycles. The fraction of sp³-hybridized carbons (Fsp3) is 0.119. The Hall–Kier alpha value is -5.61. The van der Waals surface area contributed by atoms with E-state index in [4.69, 9.17) is 11.3 Å². The van der Waals surface area contributed by atoms with Gasteiger partial charge in [-0.05, 0) is 75.2 Å². The largest absolute Gasteiger partial charge is 0.507 e. The molecular weight excluding hydrogens is 562 g/mol. The van der Waals surface area contributed by atoms with Crippen LogP contribution in [0.25, 0.3) is 44.5 Å². The van der Waals surface area contributed by atoms with Gasteiger partial charge >= 0.3 is 0 Å². The van der Waals surface area contributed by atoms with Crippen molar-refractivity contribution in [3.63, 3.8) is 0 Å². The highest BCUT2D eigenvalue weighted by atomic mass is 16.3. The molecule has 1 atom stereocenters. The molecule has 0 spiro atoms. The van der Waals surface area contributed by atoms with E-state index in [-0.39, 0.29) is 11.2 Å². The maximum absolute atomic E-state index is 10.9. The number of benzene rings is 5. The van der Waals surface area contributed by atoms with Gasteiger partial charge in [-0.25, -0.2) is 9.97 Å². The number of rotatable bonds is 4. The molecule has 4 heteroatoms. The van der Waals surface area contributed by atoms with Crippen molar-refractivity contribution in [1.82, 2.24) is 15.0 Å². The molecule has 1 unspecified atom stereocenters. The fourth-order valence-electron chi connectivity index (χ4n) is 7.03. The first-order valence-corrected chi connectivity index (χ1v) is 15.6. The van der Waals surface area contributed by atoms with Gasteiger partial charge in [-0.3, -0.25) is 4.98 Å². The zero-order valence-electron chi connectivity index (χ0n) is 27.0. The molecule has 2 heterocycles. The summed E-state index contributed by atoms with van der Waals surface area (Å²) in [5.74, 6) is 0.180. The second kappa shape index (κ2) is 10.5. The molecule has 5 aromatic carbocycles. The molecular formula is C42H33N3O. The Kier molecular flexibility index (Phi) is 6.10. The lowest BCUT2D eigenvalue weighted by Gasteiger charge is -2.34. The first-order valence-electron chi connectivity index (χ1n) is 16.1. The van der Waals surface area contributed by atoms with Crippen molar-refractivity contribution in [1.29, 1.82) is 0 Å². The van der Waals surface area contributed by atoms with Crippen LogP contribution in [0.3, 0.4) is 0 Å². The van der Waals surface area contributed by atoms with Crippen LogP contribution in [0.4, 0.5) is 0 Å². The zero-order chi connectivity index (χ0) is 32.3. The number of para-hydroxylation sites is 2. The van der Waals surface area contributed by atoms with Crippen molar-refractivity contribution in [2.24, 2.45) is 0 Å². The van der Waals surface area contributed by atoms with E-state index in [2.05, 4.69) is 86.4 Å². The smallest absolute Gasteiger partial charge is 0.124 e. The Morgan fingerprint density at radius 3 is 2.33 bits per heavy atom. The van der Waals surface area contributed by atoms with Crippen LogP contribution >= 0.6 is 0 Å². The van der Waals surface area contributed by atoms with Crippen LogP contribution in [0.5, 0.6) is 5.75 Å². The van der Waals surface area contributed by atoms with E-state index in [1.54, 1.807) is 12.4 Å². The first kappa shape index (κ1) is 26.8. The molecule has 0 saturated heterocycles. The third-order valence-corrected chi connectivity index (χ3v) is 9.27. The Balaban J connectivity index is 1.49. The second-order valence-electron chi connectivity index (χ2n) is 13.0. The normalized spacial score (nSPS) is 15.8. The SMILES string of the molecule is [2H]c1ccc2c(c1)C(c1cccc(-c3ncnc4ccccc34)c1)(c1cccc(-c3ccccc3O)n1)c1cc(C(C)(C)C)ccc1-2. The predicted molar refractivity (Wildman–Crippen MR) is 186 cm³/mol. The minimum Gasteiger partial charge on any atom is -0.507 e. The summed E-state index contributed by atoms with van der Waals surface area (Å²) < 4.78 is 8.82. The van der Waals surface area contributed by atoms with Gasteiger partial charge < -0.3 is 5.11 Å². The number of phenolic OH excluding ortho intramolecular Hbond substituents is 1. The molecule has 0 amide bonds. The van der Waals surface area contributed by atoms with E-state index < -0.39 is 5.41 Å². The van der Waals surface area contributed by atoms with E-state index in [0.717, 1.165) is 55.7 Å². The van der Waals surface area contributed by atoms with Crippen LogP contribution in [0.15, 0.2) is 140 Å². The van der Waals surface area contributed by atoms with E-state index in [0.29, 0.717) is 17.3 Å². The summed E-state index contributed by atoms with van der Waals surface area (Å²) in [6.45, 7) is 6.70. The van der Waals surface area contributed by atoms with Gasteiger partial charge in [0.25, 0.3) is 0 Å². The Morgan fingerprint density at radius 2 is 1.46 bits per heavy atom. The quantitative estimate of drug-likeness (QED) is 0.220. The third kappa shape index (κ3) is 4.25. The van der Waals surface area contributed by atoms with Crippen molar-refractivity contribution in [2.45, 2.75) is 31.6 Å². The van der Waals surface area contributed by atoms with E-state index in [1.807, 2.05) is 60.7 Å². The zero-order valence-corrected chi connectivity index (χ0v) is 26.0. The molecule has 1 aliphatic rings. The van der Waals surface area contributed by atoms with Crippen molar-refractivity contribution >= 4 is 10.9 Å². The van der Waals surface area contributed by atoms with Crippen molar-refractivity contribution in [3.8, 4) is 39.4 Å². The Bertz CT molecular complexity index is 2340. The molecule has 1 N–H and O–H groups in total. The van der Waals surface area contributed by atoms with Gasteiger partial charge in [-0.15, -0.1) is 0 Å². The molecule has 0 aliphatic heterocycles. The van der Waals surface area contributed by atoms with Crippen molar-refractivity contribution in [3.05, 3.63) is 168 Å². The fourth-order valence-corrected chi connectivity index (χ4v) is 7.03. The van der Waals surface area contributed by atoms with Gasteiger partial charge in [-0.1, -0.05) is 118 Å². The van der Waals surface area contributed by atoms with E-state index in [9.17, 15) is 5.11 Å². The molecule has 0 fully saturated rings. The number of aromatic nitrogens is 3. The molecule has 0 radical (unpaired) electrons. The van der Waals surface area contributed by atoms with Gasteiger partial charge in [-0.2, -0.15) is 0 Å². The third-order valence-electron chi connectivity index (χ3n) is 9.27. The summed E-state index contributed by atoms with van der Waals surface area (Å²) >= 11 is 0. The van der Waals surface area contributed by atoms with E-state index in [1.165, 1.54) is 5.56 Å². The lowest BCUT2D eigenvalue weighted by atomic mass is 9.68. The monoisotopic (exact) mass is 596 g/mol. The maximum atomic E-state index is 10.9. The highest BCUT2D eigenvalue weighted by Gasteiger charge is 2.48. The van der Waals surface area contributed by atoms with Crippen LogP contribution in [-0.4, -0.2) is 20.1 Å². The minimum atomic E-state index is -0.859. The number of aromatic hydroxyl groups is 1. The molecule has 46 heavy (non-hydrogen) atoms. The number of fused-ring (bicyclic) bond motifs is 4. The summed E-state index contributed by atoms with van der Waals surface area (Å²) in [5, 5.41) is 11.8. The highest BCUT2D eigenvalue weighted by molar-refractivity contribution is 5.93. The topological polar surface area (TPSA) is 58.9 Å². The van der Waals surface area contributed by atoms with Gasteiger partial charge in [0.15, 0.2) is 0 Å². The molecule has 222 valence electrons. The number of hydrogen-bond acceptors (Lipinski definition) is 4. The van der Waals surface area contributed by atoms with Gasteiger partial charge in [0.05, 0.1) is 29.4 Å². The average molecular weight is 597 g/mol. The van der Waals surface area contributed by atoms with Gasteiger partial charge in [0.2, 0.25) is 0 Å². The van der Waals surface area contributed by atoms with Crippen LogP contribution in [0.1, 0.15) is 50.1 Å². The van der Waals surface area contributed by atoms with Crippen LogP contribution in [0.2, 0.25) is 0 Å². The second-order valence-corrected chi connectivity index (χ2v) is 13.0. The van der Waals surface area contributed by atoms with Crippen molar-refractivity contribution in [2.75, 3.05) is 0 Å². The highest BCUT2D eigenvalue weighted by Crippen LogP contribution is 2.56. The Morgan fingerprint density at radius 1 is 0.674 bits per heavy atom. The molecule has 2 aromatic heterocycles. The summed E-state index contributed by atoms with van der Waals surface area (Å²) in [5.41, 5.74) is 10.5. The number of nitrogens with zero attached hydrogens (tertiary/aromatic N) is 3. The van der Waals surface area contributed by atoms with Crippen LogP contribution < -0.4 is 0 Å². The number of phenols is 1. The summed E-state index contributed by atoms with van der Waals surface area (Å²) in [7, 11) is 0. The average Bonchev–Trinajstić information content (AvgIpc) is 3.37. The number of pyridine rings is 1. The minimum absolute atomic E-state index is 0.0943.